The fraction of sp³-hybridized carbons (Fsp3) is 0.211. The molecule has 0 amide bonds. The van der Waals surface area contributed by atoms with Crippen LogP contribution in [0.2, 0.25) is 5.15 Å². The molecule has 0 bridgehead atoms. The van der Waals surface area contributed by atoms with Crippen LogP contribution in [-0.2, 0) is 0 Å². The van der Waals surface area contributed by atoms with Crippen LogP contribution in [0.25, 0.3) is 10.9 Å². The normalized spacial score (nSPS) is 16.3. The van der Waals surface area contributed by atoms with Crippen molar-refractivity contribution in [3.8, 4) is 11.9 Å². The zero-order chi connectivity index (χ0) is 18.6. The van der Waals surface area contributed by atoms with Crippen molar-refractivity contribution in [2.75, 3.05) is 0 Å². The van der Waals surface area contributed by atoms with Gasteiger partial charge in [0, 0.05) is 22.2 Å². The number of H-pyrrole nitrogens is 1. The van der Waals surface area contributed by atoms with Gasteiger partial charge < -0.3 is 10.5 Å². The monoisotopic (exact) mass is 365 g/mol. The predicted molar refractivity (Wildman–Crippen MR) is 98.8 cm³/mol. The van der Waals surface area contributed by atoms with Gasteiger partial charge in [-0.2, -0.15) is 5.26 Å². The Morgan fingerprint density at radius 2 is 2.08 bits per heavy atom. The van der Waals surface area contributed by atoms with Crippen LogP contribution in [0.4, 0.5) is 0 Å². The average molecular weight is 366 g/mol. The van der Waals surface area contributed by atoms with E-state index in [0.29, 0.717) is 22.2 Å². The van der Waals surface area contributed by atoms with Gasteiger partial charge in [0.15, 0.2) is 0 Å². The van der Waals surface area contributed by atoms with Crippen LogP contribution < -0.4 is 10.5 Å². The standard InChI is InChI=1S/C19H16ClN5O/c1-8-4-5-11-6-12(17(20)23-16(11)9(8)2)15-13(7-21)18(22)26-19-14(15)10(3)24-25-19/h4-6,15H,22H2,1-3H3,(H,24,25)/t15-/m0/s1. The summed E-state index contributed by atoms with van der Waals surface area (Å²) in [6.45, 7) is 5.93. The zero-order valence-electron chi connectivity index (χ0n) is 14.5. The number of aryl methyl sites for hydroxylation is 3. The summed E-state index contributed by atoms with van der Waals surface area (Å²) < 4.78 is 5.50. The van der Waals surface area contributed by atoms with Gasteiger partial charge in [-0.3, -0.25) is 5.10 Å². The number of nitrogens with two attached hydrogens (primary N) is 1. The lowest BCUT2D eigenvalue weighted by Crippen LogP contribution is -2.21. The number of rotatable bonds is 1. The second-order valence-corrected chi connectivity index (χ2v) is 6.80. The van der Waals surface area contributed by atoms with Crippen LogP contribution in [-0.4, -0.2) is 15.2 Å². The summed E-state index contributed by atoms with van der Waals surface area (Å²) in [7, 11) is 0. The van der Waals surface area contributed by atoms with E-state index in [2.05, 4.69) is 21.3 Å². The lowest BCUT2D eigenvalue weighted by atomic mass is 9.84. The number of ether oxygens (including phenoxy) is 1. The molecular weight excluding hydrogens is 350 g/mol. The maximum Gasteiger partial charge on any atom is 0.244 e. The van der Waals surface area contributed by atoms with Crippen LogP contribution in [0.1, 0.15) is 33.9 Å². The largest absolute Gasteiger partial charge is 0.420 e. The van der Waals surface area contributed by atoms with Crippen molar-refractivity contribution in [2.45, 2.75) is 26.7 Å². The summed E-state index contributed by atoms with van der Waals surface area (Å²) in [5, 5.41) is 18.0. The topological polar surface area (TPSA) is 101 Å². The molecule has 0 unspecified atom stereocenters. The lowest BCUT2D eigenvalue weighted by molar-refractivity contribution is 0.379. The third-order valence-corrected chi connectivity index (χ3v) is 5.24. The first-order chi connectivity index (χ1) is 12.4. The maximum atomic E-state index is 9.67. The Morgan fingerprint density at radius 1 is 1.31 bits per heavy atom. The third kappa shape index (κ3) is 2.25. The summed E-state index contributed by atoms with van der Waals surface area (Å²) in [6.07, 6.45) is 0. The van der Waals surface area contributed by atoms with Crippen LogP contribution in [0.15, 0.2) is 29.7 Å². The number of hydrogen-bond donors (Lipinski definition) is 2. The van der Waals surface area contributed by atoms with Gasteiger partial charge in [0.1, 0.15) is 16.8 Å². The minimum atomic E-state index is -0.478. The van der Waals surface area contributed by atoms with Crippen LogP contribution in [0.3, 0.4) is 0 Å². The minimum Gasteiger partial charge on any atom is -0.420 e. The molecule has 7 heteroatoms. The van der Waals surface area contributed by atoms with Gasteiger partial charge in [-0.15, -0.1) is 5.10 Å². The summed E-state index contributed by atoms with van der Waals surface area (Å²) >= 11 is 6.56. The Labute approximate surface area is 155 Å². The molecule has 0 radical (unpaired) electrons. The molecule has 3 N–H and O–H groups in total. The van der Waals surface area contributed by atoms with E-state index >= 15 is 0 Å². The number of pyridine rings is 1. The fourth-order valence-electron chi connectivity index (χ4n) is 3.39. The summed E-state index contributed by atoms with van der Waals surface area (Å²) in [6, 6.07) is 8.18. The molecule has 0 saturated carbocycles. The predicted octanol–water partition coefficient (Wildman–Crippen LogP) is 3.75. The number of nitrogens with one attached hydrogen (secondary N) is 1. The Morgan fingerprint density at radius 3 is 2.81 bits per heavy atom. The SMILES string of the molecule is Cc1ccc2cc([C@H]3C(C#N)=C(N)Oc4n[nH]c(C)c43)c(Cl)nc2c1C. The van der Waals surface area contributed by atoms with Crippen LogP contribution in [0, 0.1) is 32.1 Å². The van der Waals surface area contributed by atoms with E-state index in [1.807, 2.05) is 39.0 Å². The Balaban J connectivity index is 2.02. The molecule has 3 heterocycles. The number of benzene rings is 1. The number of nitriles is 1. The summed E-state index contributed by atoms with van der Waals surface area (Å²) in [5.41, 5.74) is 11.6. The first kappa shape index (κ1) is 16.4. The minimum absolute atomic E-state index is 0.0350. The molecule has 1 aliphatic rings. The second-order valence-electron chi connectivity index (χ2n) is 6.44. The molecule has 26 heavy (non-hydrogen) atoms. The van der Waals surface area contributed by atoms with Crippen molar-refractivity contribution in [1.29, 1.82) is 5.26 Å². The Kier molecular flexibility index (Phi) is 3.63. The van der Waals surface area contributed by atoms with Crippen molar-refractivity contribution in [1.82, 2.24) is 15.2 Å². The highest BCUT2D eigenvalue weighted by molar-refractivity contribution is 6.30. The highest BCUT2D eigenvalue weighted by Gasteiger charge is 2.35. The van der Waals surface area contributed by atoms with Crippen LogP contribution in [0.5, 0.6) is 5.88 Å². The molecule has 2 aromatic heterocycles. The van der Waals surface area contributed by atoms with Crippen molar-refractivity contribution in [2.24, 2.45) is 5.73 Å². The number of fused-ring (bicyclic) bond motifs is 2. The molecular formula is C19H16ClN5O. The molecule has 0 spiro atoms. The smallest absolute Gasteiger partial charge is 0.244 e. The van der Waals surface area contributed by atoms with Gasteiger partial charge >= 0.3 is 0 Å². The van der Waals surface area contributed by atoms with Crippen molar-refractivity contribution in [3.05, 3.63) is 62.8 Å². The summed E-state index contributed by atoms with van der Waals surface area (Å²) in [5.74, 6) is -0.0819. The van der Waals surface area contributed by atoms with Crippen molar-refractivity contribution >= 4 is 22.5 Å². The second kappa shape index (κ2) is 5.75. The number of aromatic amines is 1. The van der Waals surface area contributed by atoms with E-state index in [1.54, 1.807) is 0 Å². The molecule has 0 saturated heterocycles. The molecule has 1 aliphatic heterocycles. The van der Waals surface area contributed by atoms with E-state index in [1.165, 1.54) is 0 Å². The van der Waals surface area contributed by atoms with Gasteiger partial charge in [0.2, 0.25) is 11.8 Å². The van der Waals surface area contributed by atoms with Crippen molar-refractivity contribution in [3.63, 3.8) is 0 Å². The van der Waals surface area contributed by atoms with E-state index in [4.69, 9.17) is 22.1 Å². The van der Waals surface area contributed by atoms with E-state index in [9.17, 15) is 5.26 Å². The van der Waals surface area contributed by atoms with Gasteiger partial charge in [-0.05, 0) is 38.0 Å². The Hall–Kier alpha value is -3.04. The van der Waals surface area contributed by atoms with Gasteiger partial charge in [0.05, 0.1) is 11.4 Å². The van der Waals surface area contributed by atoms with E-state index < -0.39 is 5.92 Å². The number of halogens is 1. The molecule has 1 atom stereocenters. The van der Waals surface area contributed by atoms with Gasteiger partial charge in [-0.25, -0.2) is 4.98 Å². The zero-order valence-corrected chi connectivity index (χ0v) is 15.3. The van der Waals surface area contributed by atoms with Crippen LogP contribution >= 0.6 is 11.6 Å². The number of aromatic nitrogens is 3. The van der Waals surface area contributed by atoms with E-state index in [-0.39, 0.29) is 5.88 Å². The number of allylic oxidation sites excluding steroid dienone is 1. The molecule has 0 fully saturated rings. The third-order valence-electron chi connectivity index (χ3n) is 4.93. The molecule has 1 aromatic carbocycles. The number of hydrogen-bond acceptors (Lipinski definition) is 5. The van der Waals surface area contributed by atoms with Gasteiger partial charge in [0.25, 0.3) is 0 Å². The highest BCUT2D eigenvalue weighted by atomic mass is 35.5. The fourth-order valence-corrected chi connectivity index (χ4v) is 3.64. The highest BCUT2D eigenvalue weighted by Crippen LogP contribution is 2.45. The average Bonchev–Trinajstić information content (AvgIpc) is 2.98. The van der Waals surface area contributed by atoms with Crippen molar-refractivity contribution < 1.29 is 4.74 Å². The summed E-state index contributed by atoms with van der Waals surface area (Å²) in [4.78, 5) is 4.61. The van der Waals surface area contributed by atoms with Gasteiger partial charge in [-0.1, -0.05) is 23.7 Å². The first-order valence-corrected chi connectivity index (χ1v) is 8.49. The molecule has 3 aromatic rings. The molecule has 6 nitrogen and oxygen atoms in total. The Bertz CT molecular complexity index is 1140. The number of nitrogens with zero attached hydrogens (tertiary/aromatic N) is 3. The lowest BCUT2D eigenvalue weighted by Gasteiger charge is -2.24. The first-order valence-electron chi connectivity index (χ1n) is 8.11. The quantitative estimate of drug-likeness (QED) is 0.639. The molecule has 4 rings (SSSR count). The maximum absolute atomic E-state index is 9.67. The molecule has 0 aliphatic carbocycles. The molecule has 130 valence electrons. The van der Waals surface area contributed by atoms with E-state index in [0.717, 1.165) is 33.3 Å².